The van der Waals surface area contributed by atoms with E-state index in [2.05, 4.69) is 15.4 Å². The molecule has 1 N–H and O–H groups in total. The van der Waals surface area contributed by atoms with Crippen molar-refractivity contribution >= 4 is 17.1 Å². The molecule has 1 aromatic carbocycles. The zero-order chi connectivity index (χ0) is 14.9. The van der Waals surface area contributed by atoms with Crippen LogP contribution in [0.2, 0.25) is 0 Å². The smallest absolute Gasteiger partial charge is 0.302 e. The Balaban J connectivity index is 1.86. The van der Waals surface area contributed by atoms with Crippen molar-refractivity contribution in [3.8, 4) is 5.69 Å². The van der Waals surface area contributed by atoms with Crippen LogP contribution in [-0.4, -0.2) is 40.9 Å². The van der Waals surface area contributed by atoms with Crippen molar-refractivity contribution in [3.63, 3.8) is 0 Å². The highest BCUT2D eigenvalue weighted by Crippen LogP contribution is 2.19. The van der Waals surface area contributed by atoms with Gasteiger partial charge in [0, 0.05) is 26.2 Å². The van der Waals surface area contributed by atoms with Crippen molar-refractivity contribution in [2.75, 3.05) is 31.1 Å². The van der Waals surface area contributed by atoms with Crippen LogP contribution in [0.5, 0.6) is 0 Å². The maximum absolute atomic E-state index is 12.2. The van der Waals surface area contributed by atoms with Gasteiger partial charge in [-0.3, -0.25) is 4.79 Å². The number of aromatic nitrogens is 3. The molecule has 0 unspecified atom stereocenters. The van der Waals surface area contributed by atoms with Crippen LogP contribution >= 0.6 is 0 Å². The molecule has 1 aliphatic heterocycles. The van der Waals surface area contributed by atoms with Crippen LogP contribution in [0.25, 0.3) is 16.8 Å². The Morgan fingerprint density at radius 2 is 1.91 bits per heavy atom. The molecule has 1 saturated heterocycles. The molecule has 3 heterocycles. The van der Waals surface area contributed by atoms with Gasteiger partial charge in [-0.25, -0.2) is 0 Å². The molecular weight excluding hydrogens is 282 g/mol. The predicted molar refractivity (Wildman–Crippen MR) is 82.5 cm³/mol. The second-order valence-electron chi connectivity index (χ2n) is 5.15. The Hall–Kier alpha value is -2.67. The summed E-state index contributed by atoms with van der Waals surface area (Å²) in [4.78, 5) is 18.2. The Labute approximate surface area is 126 Å². The van der Waals surface area contributed by atoms with Crippen molar-refractivity contribution in [3.05, 3.63) is 46.9 Å². The van der Waals surface area contributed by atoms with E-state index in [0.717, 1.165) is 31.9 Å². The predicted octanol–water partition coefficient (Wildman–Crippen LogP) is 0.783. The molecule has 7 heteroatoms. The maximum Gasteiger partial charge on any atom is 0.302 e. The van der Waals surface area contributed by atoms with Crippen LogP contribution in [0.15, 0.2) is 45.7 Å². The van der Waals surface area contributed by atoms with E-state index in [1.165, 1.54) is 6.20 Å². The third-order valence-corrected chi connectivity index (χ3v) is 3.73. The van der Waals surface area contributed by atoms with E-state index in [1.807, 2.05) is 35.2 Å². The molecule has 0 amide bonds. The first-order chi connectivity index (χ1) is 10.8. The fraction of sp³-hybridized carbons (Fsp3) is 0.267. The number of benzene rings is 1. The number of fused-ring (bicyclic) bond motifs is 1. The van der Waals surface area contributed by atoms with Crippen LogP contribution in [0, 0.1) is 0 Å². The summed E-state index contributed by atoms with van der Waals surface area (Å²) < 4.78 is 7.52. The number of piperazine rings is 1. The number of anilines is 1. The van der Waals surface area contributed by atoms with E-state index in [9.17, 15) is 4.79 Å². The number of para-hydroxylation sites is 1. The number of nitrogens with one attached hydrogen (secondary N) is 1. The van der Waals surface area contributed by atoms with Crippen molar-refractivity contribution in [2.45, 2.75) is 0 Å². The first kappa shape index (κ1) is 13.0. The summed E-state index contributed by atoms with van der Waals surface area (Å²) in [6.45, 7) is 3.23. The summed E-state index contributed by atoms with van der Waals surface area (Å²) >= 11 is 0. The van der Waals surface area contributed by atoms with Crippen LogP contribution < -0.4 is 15.8 Å². The van der Waals surface area contributed by atoms with Crippen LogP contribution in [-0.2, 0) is 0 Å². The molecule has 0 atom stereocenters. The van der Waals surface area contributed by atoms with Crippen molar-refractivity contribution in [1.82, 2.24) is 20.1 Å². The summed E-state index contributed by atoms with van der Waals surface area (Å²) in [5.41, 5.74) is 0.967. The van der Waals surface area contributed by atoms with E-state index in [0.29, 0.717) is 17.1 Å². The SMILES string of the molecule is O=c1nc(N2CCNCC2)oc2c1cnn2-c1ccccc1. The zero-order valence-electron chi connectivity index (χ0n) is 11.9. The largest absolute Gasteiger partial charge is 0.406 e. The van der Waals surface area contributed by atoms with Gasteiger partial charge in [-0.05, 0) is 12.1 Å². The molecule has 0 radical (unpaired) electrons. The lowest BCUT2D eigenvalue weighted by Gasteiger charge is -2.26. The average Bonchev–Trinajstić information content (AvgIpc) is 3.01. The van der Waals surface area contributed by atoms with Crippen molar-refractivity contribution < 1.29 is 4.42 Å². The fourth-order valence-corrected chi connectivity index (χ4v) is 2.58. The first-order valence-electron chi connectivity index (χ1n) is 7.23. The van der Waals surface area contributed by atoms with Gasteiger partial charge in [0.1, 0.15) is 5.39 Å². The monoisotopic (exact) mass is 297 g/mol. The Morgan fingerprint density at radius 1 is 1.14 bits per heavy atom. The van der Waals surface area contributed by atoms with E-state index >= 15 is 0 Å². The Morgan fingerprint density at radius 3 is 2.68 bits per heavy atom. The summed E-state index contributed by atoms with van der Waals surface area (Å²) in [6.07, 6.45) is 1.50. The minimum Gasteiger partial charge on any atom is -0.406 e. The summed E-state index contributed by atoms with van der Waals surface area (Å²) in [7, 11) is 0. The molecule has 112 valence electrons. The lowest BCUT2D eigenvalue weighted by atomic mass is 10.3. The van der Waals surface area contributed by atoms with Gasteiger partial charge in [-0.2, -0.15) is 14.8 Å². The molecule has 0 bridgehead atoms. The van der Waals surface area contributed by atoms with Gasteiger partial charge in [0.25, 0.3) is 5.56 Å². The van der Waals surface area contributed by atoms with E-state index < -0.39 is 0 Å². The fourth-order valence-electron chi connectivity index (χ4n) is 2.58. The number of hydrogen-bond donors (Lipinski definition) is 1. The van der Waals surface area contributed by atoms with Gasteiger partial charge in [0.05, 0.1) is 11.9 Å². The first-order valence-corrected chi connectivity index (χ1v) is 7.23. The second kappa shape index (κ2) is 5.27. The van der Waals surface area contributed by atoms with Crippen LogP contribution in [0.4, 0.5) is 6.01 Å². The minimum atomic E-state index is -0.308. The third-order valence-electron chi connectivity index (χ3n) is 3.73. The zero-order valence-corrected chi connectivity index (χ0v) is 11.9. The number of hydrogen-bond acceptors (Lipinski definition) is 6. The molecule has 4 rings (SSSR count). The van der Waals surface area contributed by atoms with E-state index in [4.69, 9.17) is 4.42 Å². The summed E-state index contributed by atoms with van der Waals surface area (Å²) in [5.74, 6) is 0. The highest BCUT2D eigenvalue weighted by atomic mass is 16.4. The highest BCUT2D eigenvalue weighted by Gasteiger charge is 2.19. The van der Waals surface area contributed by atoms with Crippen molar-refractivity contribution in [1.29, 1.82) is 0 Å². The van der Waals surface area contributed by atoms with Gasteiger partial charge < -0.3 is 14.6 Å². The van der Waals surface area contributed by atoms with E-state index in [-0.39, 0.29) is 5.56 Å². The quantitative estimate of drug-likeness (QED) is 0.753. The molecular formula is C15H15N5O2. The Bertz CT molecular complexity index is 849. The topological polar surface area (TPSA) is 76.2 Å². The van der Waals surface area contributed by atoms with Gasteiger partial charge in [0.2, 0.25) is 5.71 Å². The minimum absolute atomic E-state index is 0.308. The molecule has 1 aliphatic rings. The lowest BCUT2D eigenvalue weighted by molar-refractivity contribution is 0.494. The van der Waals surface area contributed by atoms with Gasteiger partial charge in [0.15, 0.2) is 0 Å². The van der Waals surface area contributed by atoms with Crippen molar-refractivity contribution in [2.24, 2.45) is 0 Å². The maximum atomic E-state index is 12.2. The van der Waals surface area contributed by atoms with Gasteiger partial charge in [-0.15, -0.1) is 0 Å². The molecule has 3 aromatic rings. The molecule has 0 saturated carbocycles. The standard InChI is InChI=1S/C15H15N5O2/c21-13-12-10-17-20(11-4-2-1-3-5-11)14(12)22-15(18-13)19-8-6-16-7-9-19/h1-5,10,16H,6-9H2. The lowest BCUT2D eigenvalue weighted by Crippen LogP contribution is -2.44. The van der Waals surface area contributed by atoms with E-state index in [1.54, 1.807) is 4.68 Å². The molecule has 7 nitrogen and oxygen atoms in total. The normalized spacial score (nSPS) is 15.4. The average molecular weight is 297 g/mol. The molecule has 0 spiro atoms. The van der Waals surface area contributed by atoms with Crippen LogP contribution in [0.3, 0.4) is 0 Å². The number of nitrogens with zero attached hydrogens (tertiary/aromatic N) is 4. The molecule has 1 fully saturated rings. The Kier molecular flexibility index (Phi) is 3.12. The highest BCUT2D eigenvalue weighted by molar-refractivity contribution is 5.73. The molecule has 22 heavy (non-hydrogen) atoms. The second-order valence-corrected chi connectivity index (χ2v) is 5.15. The van der Waals surface area contributed by atoms with Gasteiger partial charge >= 0.3 is 6.01 Å². The third kappa shape index (κ3) is 2.15. The summed E-state index contributed by atoms with van der Waals surface area (Å²) in [5, 5.41) is 7.92. The molecule has 2 aromatic heterocycles. The van der Waals surface area contributed by atoms with Gasteiger partial charge in [-0.1, -0.05) is 18.2 Å². The summed E-state index contributed by atoms with van der Waals surface area (Å²) in [6, 6.07) is 9.95. The number of rotatable bonds is 2. The van der Waals surface area contributed by atoms with Crippen LogP contribution in [0.1, 0.15) is 0 Å². The molecule has 0 aliphatic carbocycles.